The van der Waals surface area contributed by atoms with Gasteiger partial charge in [-0.1, -0.05) is 12.1 Å². The van der Waals surface area contributed by atoms with Crippen molar-refractivity contribution in [3.05, 3.63) is 29.3 Å². The zero-order chi connectivity index (χ0) is 11.7. The van der Waals surface area contributed by atoms with Crippen molar-refractivity contribution < 1.29 is 19.4 Å². The van der Waals surface area contributed by atoms with Gasteiger partial charge in [0.25, 0.3) is 0 Å². The number of carboxylic acid groups (broad SMARTS) is 1. The van der Waals surface area contributed by atoms with Gasteiger partial charge in [-0.3, -0.25) is 4.79 Å². The monoisotopic (exact) mass is 220 g/mol. The normalized spacial score (nSPS) is 19.6. The summed E-state index contributed by atoms with van der Waals surface area (Å²) in [6, 6.07) is 4.86. The average Bonchev–Trinajstić information content (AvgIpc) is 2.33. The number of carbonyl (C=O) groups is 2. The van der Waals surface area contributed by atoms with Crippen LogP contribution in [0.4, 0.5) is 0 Å². The van der Waals surface area contributed by atoms with E-state index in [1.807, 2.05) is 0 Å². The third-order valence-corrected chi connectivity index (χ3v) is 2.55. The predicted octanol–water partition coefficient (Wildman–Crippen LogP) is 1.67. The number of aromatic carboxylic acids is 1. The largest absolute Gasteiger partial charge is 0.489 e. The Morgan fingerprint density at radius 1 is 1.50 bits per heavy atom. The molecule has 1 aromatic rings. The Bertz CT molecular complexity index is 450. The molecule has 0 bridgehead atoms. The van der Waals surface area contributed by atoms with Gasteiger partial charge in [0.1, 0.15) is 23.2 Å². The first-order valence-electron chi connectivity index (χ1n) is 5.11. The van der Waals surface area contributed by atoms with E-state index in [0.29, 0.717) is 17.7 Å². The Labute approximate surface area is 92.8 Å². The van der Waals surface area contributed by atoms with Gasteiger partial charge >= 0.3 is 5.97 Å². The summed E-state index contributed by atoms with van der Waals surface area (Å²) in [6.07, 6.45) is 0.309. The molecule has 4 heteroatoms. The summed E-state index contributed by atoms with van der Waals surface area (Å²) in [4.78, 5) is 22.5. The maximum atomic E-state index is 11.5. The van der Waals surface area contributed by atoms with Crippen LogP contribution in [-0.4, -0.2) is 23.0 Å². The number of carbonyl (C=O) groups excluding carboxylic acids is 1. The minimum absolute atomic E-state index is 0.0776. The fourth-order valence-corrected chi connectivity index (χ4v) is 1.88. The molecule has 0 aliphatic carbocycles. The lowest BCUT2D eigenvalue weighted by atomic mass is 10.0. The minimum atomic E-state index is -1.03. The van der Waals surface area contributed by atoms with E-state index in [4.69, 9.17) is 9.84 Å². The number of rotatable bonds is 1. The first kappa shape index (κ1) is 10.7. The van der Waals surface area contributed by atoms with Crippen LogP contribution in [0, 0.1) is 0 Å². The molecule has 0 spiro atoms. The zero-order valence-electron chi connectivity index (χ0n) is 8.90. The topological polar surface area (TPSA) is 63.6 Å². The molecule has 0 amide bonds. The maximum absolute atomic E-state index is 11.5. The van der Waals surface area contributed by atoms with E-state index in [2.05, 4.69) is 0 Å². The smallest absolute Gasteiger partial charge is 0.339 e. The quantitative estimate of drug-likeness (QED) is 0.781. The van der Waals surface area contributed by atoms with Crippen molar-refractivity contribution in [3.63, 3.8) is 0 Å². The van der Waals surface area contributed by atoms with Crippen molar-refractivity contribution in [1.29, 1.82) is 0 Å². The van der Waals surface area contributed by atoms with E-state index >= 15 is 0 Å². The highest BCUT2D eigenvalue weighted by Crippen LogP contribution is 2.29. The lowest BCUT2D eigenvalue weighted by Gasteiger charge is -2.13. The van der Waals surface area contributed by atoms with Gasteiger partial charge in [-0.05, 0) is 13.0 Å². The SMILES string of the molecule is CC1CC(=O)Cc2cccc(C(=O)O)c2O1. The van der Waals surface area contributed by atoms with Gasteiger partial charge in [0, 0.05) is 18.4 Å². The van der Waals surface area contributed by atoms with Crippen LogP contribution in [0.3, 0.4) is 0 Å². The Kier molecular flexibility index (Phi) is 2.64. The van der Waals surface area contributed by atoms with Gasteiger partial charge in [0.2, 0.25) is 0 Å². The third-order valence-electron chi connectivity index (χ3n) is 2.55. The van der Waals surface area contributed by atoms with Crippen LogP contribution in [0.15, 0.2) is 18.2 Å². The number of para-hydroxylation sites is 1. The summed E-state index contributed by atoms with van der Waals surface area (Å²) in [5.74, 6) is -0.611. The highest BCUT2D eigenvalue weighted by molar-refractivity contribution is 5.93. The highest BCUT2D eigenvalue weighted by Gasteiger charge is 2.24. The Hall–Kier alpha value is -1.84. The molecular formula is C12H12O4. The van der Waals surface area contributed by atoms with Crippen LogP contribution in [-0.2, 0) is 11.2 Å². The van der Waals surface area contributed by atoms with E-state index in [1.54, 1.807) is 19.1 Å². The van der Waals surface area contributed by atoms with Crippen LogP contribution in [0.25, 0.3) is 0 Å². The second kappa shape index (κ2) is 3.96. The summed E-state index contributed by atoms with van der Waals surface area (Å²) in [6.45, 7) is 1.77. The van der Waals surface area contributed by atoms with E-state index in [9.17, 15) is 9.59 Å². The molecule has 0 aromatic heterocycles. The third kappa shape index (κ3) is 1.91. The predicted molar refractivity (Wildman–Crippen MR) is 56.8 cm³/mol. The standard InChI is InChI=1S/C12H12O4/c1-7-5-9(13)6-8-3-2-4-10(12(14)15)11(8)16-7/h2-4,7H,5-6H2,1H3,(H,14,15). The second-order valence-corrected chi connectivity index (χ2v) is 3.95. The molecular weight excluding hydrogens is 208 g/mol. The van der Waals surface area contributed by atoms with E-state index in [-0.39, 0.29) is 23.9 Å². The molecule has 0 fully saturated rings. The molecule has 2 rings (SSSR count). The number of Topliss-reactive ketones (excluding diaryl/α,β-unsaturated/α-hetero) is 1. The van der Waals surface area contributed by atoms with E-state index in [0.717, 1.165) is 0 Å². The number of carboxylic acids is 1. The van der Waals surface area contributed by atoms with Crippen molar-refractivity contribution >= 4 is 11.8 Å². The molecule has 84 valence electrons. The van der Waals surface area contributed by atoms with Gasteiger partial charge in [0.05, 0.1) is 0 Å². The van der Waals surface area contributed by atoms with Crippen LogP contribution >= 0.6 is 0 Å². The number of benzene rings is 1. The molecule has 1 unspecified atom stereocenters. The molecule has 1 atom stereocenters. The average molecular weight is 220 g/mol. The number of fused-ring (bicyclic) bond motifs is 1. The van der Waals surface area contributed by atoms with Crippen molar-refractivity contribution in [2.45, 2.75) is 25.9 Å². The van der Waals surface area contributed by atoms with E-state index in [1.165, 1.54) is 6.07 Å². The minimum Gasteiger partial charge on any atom is -0.489 e. The van der Waals surface area contributed by atoms with Crippen LogP contribution in [0.5, 0.6) is 5.75 Å². The van der Waals surface area contributed by atoms with Crippen LogP contribution in [0.1, 0.15) is 29.3 Å². The molecule has 1 heterocycles. The fraction of sp³-hybridized carbons (Fsp3) is 0.333. The molecule has 1 aliphatic rings. The molecule has 1 aliphatic heterocycles. The fourth-order valence-electron chi connectivity index (χ4n) is 1.88. The van der Waals surface area contributed by atoms with Gasteiger partial charge < -0.3 is 9.84 Å². The van der Waals surface area contributed by atoms with Crippen molar-refractivity contribution in [2.24, 2.45) is 0 Å². The summed E-state index contributed by atoms with van der Waals surface area (Å²) < 4.78 is 5.52. The summed E-state index contributed by atoms with van der Waals surface area (Å²) in [7, 11) is 0. The molecule has 4 nitrogen and oxygen atoms in total. The Morgan fingerprint density at radius 2 is 2.25 bits per heavy atom. The van der Waals surface area contributed by atoms with Crippen molar-refractivity contribution in [2.75, 3.05) is 0 Å². The number of ketones is 1. The van der Waals surface area contributed by atoms with Gasteiger partial charge in [-0.15, -0.1) is 0 Å². The summed E-state index contributed by atoms with van der Waals surface area (Å²) >= 11 is 0. The summed E-state index contributed by atoms with van der Waals surface area (Å²) in [5.41, 5.74) is 0.785. The summed E-state index contributed by atoms with van der Waals surface area (Å²) in [5, 5.41) is 9.02. The lowest BCUT2D eigenvalue weighted by molar-refractivity contribution is -0.119. The molecule has 1 aromatic carbocycles. The van der Waals surface area contributed by atoms with Crippen molar-refractivity contribution in [3.8, 4) is 5.75 Å². The van der Waals surface area contributed by atoms with Crippen molar-refractivity contribution in [1.82, 2.24) is 0 Å². The number of hydrogen-bond donors (Lipinski definition) is 1. The molecule has 0 saturated carbocycles. The lowest BCUT2D eigenvalue weighted by Crippen LogP contribution is -2.15. The van der Waals surface area contributed by atoms with E-state index < -0.39 is 5.97 Å². The second-order valence-electron chi connectivity index (χ2n) is 3.95. The zero-order valence-corrected chi connectivity index (χ0v) is 8.90. The van der Waals surface area contributed by atoms with Gasteiger partial charge in [-0.2, -0.15) is 0 Å². The molecule has 0 saturated heterocycles. The van der Waals surface area contributed by atoms with Crippen LogP contribution < -0.4 is 4.74 Å². The highest BCUT2D eigenvalue weighted by atomic mass is 16.5. The maximum Gasteiger partial charge on any atom is 0.339 e. The van der Waals surface area contributed by atoms with Gasteiger partial charge in [0.15, 0.2) is 0 Å². The molecule has 1 N–H and O–H groups in total. The first-order chi connectivity index (χ1) is 7.58. The van der Waals surface area contributed by atoms with Gasteiger partial charge in [-0.25, -0.2) is 4.79 Å². The Morgan fingerprint density at radius 3 is 2.94 bits per heavy atom. The number of ether oxygens (including phenoxy) is 1. The number of hydrogen-bond acceptors (Lipinski definition) is 3. The van der Waals surface area contributed by atoms with Crippen LogP contribution in [0.2, 0.25) is 0 Å². The first-order valence-corrected chi connectivity index (χ1v) is 5.11. The molecule has 16 heavy (non-hydrogen) atoms. The Balaban J connectivity index is 2.52. The molecule has 0 radical (unpaired) electrons.